The first-order valence-electron chi connectivity index (χ1n) is 14.5. The van der Waals surface area contributed by atoms with Crippen molar-refractivity contribution in [2.75, 3.05) is 61.0 Å². The van der Waals surface area contributed by atoms with Crippen LogP contribution in [0.3, 0.4) is 0 Å². The number of amides is 1. The minimum atomic E-state index is -3.87. The molecule has 44 heavy (non-hydrogen) atoms. The Morgan fingerprint density at radius 1 is 1.05 bits per heavy atom. The van der Waals surface area contributed by atoms with Crippen LogP contribution >= 0.6 is 11.6 Å². The van der Waals surface area contributed by atoms with Gasteiger partial charge in [-0.25, -0.2) is 8.42 Å². The number of nitrogens with one attached hydrogen (secondary N) is 1. The third kappa shape index (κ3) is 6.59. The highest BCUT2D eigenvalue weighted by Crippen LogP contribution is 2.32. The highest BCUT2D eigenvalue weighted by atomic mass is 35.5. The molecule has 2 aliphatic heterocycles. The van der Waals surface area contributed by atoms with Crippen LogP contribution in [0, 0.1) is 5.92 Å². The Bertz CT molecular complexity index is 1690. The first-order valence-corrected chi connectivity index (χ1v) is 16.3. The summed E-state index contributed by atoms with van der Waals surface area (Å²) in [5, 5.41) is 7.18. The fourth-order valence-electron chi connectivity index (χ4n) is 5.62. The fraction of sp³-hybridized carbons (Fsp3) is 0.400. The topological polar surface area (TPSA) is 134 Å². The zero-order chi connectivity index (χ0) is 31.4. The predicted octanol–water partition coefficient (Wildman–Crippen LogP) is 3.13. The zero-order valence-corrected chi connectivity index (χ0v) is 26.2. The van der Waals surface area contributed by atoms with Crippen LogP contribution in [0.25, 0.3) is 5.69 Å². The Balaban J connectivity index is 1.42. The molecule has 5 rings (SSSR count). The number of rotatable bonds is 8. The molecule has 0 aliphatic carbocycles. The van der Waals surface area contributed by atoms with Gasteiger partial charge < -0.3 is 19.9 Å². The molecule has 0 spiro atoms. The molecule has 3 aromatic rings. The highest BCUT2D eigenvalue weighted by molar-refractivity contribution is 7.89. The summed E-state index contributed by atoms with van der Waals surface area (Å²) in [4.78, 5) is 42.0. The molecule has 0 saturated carbocycles. The molecule has 12 nitrogen and oxygen atoms in total. The minimum Gasteiger partial charge on any atom is -0.466 e. The summed E-state index contributed by atoms with van der Waals surface area (Å²) in [5.74, 6) is -0.953. The van der Waals surface area contributed by atoms with E-state index in [-0.39, 0.29) is 53.0 Å². The highest BCUT2D eigenvalue weighted by Gasteiger charge is 2.34. The molecule has 1 aromatic heterocycles. The van der Waals surface area contributed by atoms with Crippen LogP contribution < -0.4 is 20.7 Å². The smallest absolute Gasteiger partial charge is 0.310 e. The molecule has 1 N–H and O–H groups in total. The number of aromatic nitrogens is 2. The van der Waals surface area contributed by atoms with Gasteiger partial charge in [0.15, 0.2) is 0 Å². The van der Waals surface area contributed by atoms with Crippen molar-refractivity contribution in [3.8, 4) is 5.69 Å². The van der Waals surface area contributed by atoms with Gasteiger partial charge in [-0.3, -0.25) is 14.4 Å². The number of carbonyl (C=O) groups is 2. The summed E-state index contributed by atoms with van der Waals surface area (Å²) in [7, 11) is -3.87. The molecule has 2 aliphatic rings. The predicted molar refractivity (Wildman–Crippen MR) is 168 cm³/mol. The SMILES string of the molecule is CCOC(=O)C1CCCN(c2c(N3CCN(S(=O)(=O)c4ccc(NC(C)=O)c(Cl)c4)CC3)cnn(-c3ccccc3)c2=O)C1. The Labute approximate surface area is 261 Å². The van der Waals surface area contributed by atoms with Gasteiger partial charge in [-0.1, -0.05) is 29.8 Å². The number of sulfonamides is 1. The average Bonchev–Trinajstić information content (AvgIpc) is 3.02. The number of ether oxygens (including phenoxy) is 1. The van der Waals surface area contributed by atoms with Crippen molar-refractivity contribution in [2.45, 2.75) is 31.6 Å². The Morgan fingerprint density at radius 3 is 2.43 bits per heavy atom. The van der Waals surface area contributed by atoms with E-state index in [1.165, 1.54) is 34.1 Å². The summed E-state index contributed by atoms with van der Waals surface area (Å²) < 4.78 is 35.0. The number of carbonyl (C=O) groups excluding carboxylic acids is 2. The van der Waals surface area contributed by atoms with E-state index in [1.54, 1.807) is 25.3 Å². The molecule has 2 saturated heterocycles. The Kier molecular flexibility index (Phi) is 9.56. The maximum Gasteiger partial charge on any atom is 0.310 e. The maximum atomic E-state index is 14.0. The lowest BCUT2D eigenvalue weighted by atomic mass is 9.97. The van der Waals surface area contributed by atoms with E-state index in [4.69, 9.17) is 16.3 Å². The number of nitrogens with zero attached hydrogens (tertiary/aromatic N) is 5. The van der Waals surface area contributed by atoms with Crippen molar-refractivity contribution in [3.63, 3.8) is 0 Å². The van der Waals surface area contributed by atoms with Gasteiger partial charge in [-0.15, -0.1) is 0 Å². The average molecular weight is 643 g/mol. The second-order valence-corrected chi connectivity index (χ2v) is 13.0. The molecule has 2 aromatic carbocycles. The summed E-state index contributed by atoms with van der Waals surface area (Å²) in [6, 6.07) is 13.3. The summed E-state index contributed by atoms with van der Waals surface area (Å²) in [6.07, 6.45) is 3.03. The lowest BCUT2D eigenvalue weighted by Crippen LogP contribution is -2.50. The quantitative estimate of drug-likeness (QED) is 0.368. The van der Waals surface area contributed by atoms with E-state index in [9.17, 15) is 22.8 Å². The number of esters is 1. The Hall–Kier alpha value is -3.94. The normalized spacial score (nSPS) is 17.8. The summed E-state index contributed by atoms with van der Waals surface area (Å²) in [6.45, 7) is 5.28. The number of anilines is 3. The number of hydrogen-bond donors (Lipinski definition) is 1. The molecule has 0 bridgehead atoms. The lowest BCUT2D eigenvalue weighted by molar-refractivity contribution is -0.148. The van der Waals surface area contributed by atoms with Crippen LogP contribution in [-0.4, -0.2) is 80.3 Å². The Morgan fingerprint density at radius 2 is 1.77 bits per heavy atom. The van der Waals surface area contributed by atoms with Crippen molar-refractivity contribution in [1.82, 2.24) is 14.1 Å². The molecule has 1 atom stereocenters. The van der Waals surface area contributed by atoms with Gasteiger partial charge in [0, 0.05) is 46.2 Å². The number of halogens is 1. The van der Waals surface area contributed by atoms with Crippen molar-refractivity contribution in [1.29, 1.82) is 0 Å². The van der Waals surface area contributed by atoms with E-state index in [1.807, 2.05) is 28.0 Å². The van der Waals surface area contributed by atoms with E-state index in [0.29, 0.717) is 61.8 Å². The van der Waals surface area contributed by atoms with Gasteiger partial charge in [0.1, 0.15) is 5.69 Å². The van der Waals surface area contributed by atoms with Crippen molar-refractivity contribution >= 4 is 50.6 Å². The molecular formula is C30H35ClN6O6S. The molecule has 1 unspecified atom stereocenters. The number of hydrogen-bond acceptors (Lipinski definition) is 9. The number of piperidine rings is 1. The molecular weight excluding hydrogens is 608 g/mol. The van der Waals surface area contributed by atoms with Crippen LogP contribution in [0.5, 0.6) is 0 Å². The maximum absolute atomic E-state index is 14.0. The third-order valence-corrected chi connectivity index (χ3v) is 9.97. The van der Waals surface area contributed by atoms with Gasteiger partial charge in [-0.2, -0.15) is 14.1 Å². The zero-order valence-electron chi connectivity index (χ0n) is 24.6. The molecule has 234 valence electrons. The fourth-order valence-corrected chi connectivity index (χ4v) is 7.36. The largest absolute Gasteiger partial charge is 0.466 e. The van der Waals surface area contributed by atoms with Gasteiger partial charge in [0.05, 0.1) is 45.7 Å². The minimum absolute atomic E-state index is 0.0243. The van der Waals surface area contributed by atoms with E-state index in [2.05, 4.69) is 10.4 Å². The van der Waals surface area contributed by atoms with Gasteiger partial charge in [0.25, 0.3) is 5.56 Å². The number of piperazine rings is 1. The third-order valence-electron chi connectivity index (χ3n) is 7.76. The first-order chi connectivity index (χ1) is 21.1. The number of para-hydroxylation sites is 1. The van der Waals surface area contributed by atoms with Crippen molar-refractivity contribution in [3.05, 3.63) is 70.1 Å². The van der Waals surface area contributed by atoms with Gasteiger partial charge >= 0.3 is 5.97 Å². The molecule has 14 heteroatoms. The van der Waals surface area contributed by atoms with E-state index >= 15 is 0 Å². The molecule has 2 fully saturated rings. The van der Waals surface area contributed by atoms with Crippen molar-refractivity contribution < 1.29 is 22.7 Å². The van der Waals surface area contributed by atoms with Gasteiger partial charge in [0.2, 0.25) is 15.9 Å². The molecule has 0 radical (unpaired) electrons. The van der Waals surface area contributed by atoms with E-state index in [0.717, 1.165) is 0 Å². The summed E-state index contributed by atoms with van der Waals surface area (Å²) >= 11 is 6.25. The second kappa shape index (κ2) is 13.4. The van der Waals surface area contributed by atoms with Crippen LogP contribution in [0.1, 0.15) is 26.7 Å². The monoisotopic (exact) mass is 642 g/mol. The lowest BCUT2D eigenvalue weighted by Gasteiger charge is -2.39. The van der Waals surface area contributed by atoms with Crippen molar-refractivity contribution in [2.24, 2.45) is 5.92 Å². The standard InChI is InChI=1S/C30H35ClN6O6S/c1-3-43-30(40)22-8-7-13-35(20-22)28-27(19-32-37(29(28)39)23-9-5-4-6-10-23)34-14-16-36(17-15-34)44(41,42)24-11-12-26(25(31)18-24)33-21(2)38/h4-6,9-12,18-19,22H,3,7-8,13-17,20H2,1-2H3,(H,33,38). The van der Waals surface area contributed by atoms with Crippen LogP contribution in [0.4, 0.5) is 17.1 Å². The summed E-state index contributed by atoms with van der Waals surface area (Å²) in [5.41, 5.74) is 1.64. The molecule has 1 amide bonds. The van der Waals surface area contributed by atoms with E-state index < -0.39 is 10.0 Å². The first kappa shape index (κ1) is 31.5. The van der Waals surface area contributed by atoms with Gasteiger partial charge in [-0.05, 0) is 50.1 Å². The van der Waals surface area contributed by atoms with Crippen LogP contribution in [0.15, 0.2) is 64.4 Å². The van der Waals surface area contributed by atoms with Crippen LogP contribution in [-0.2, 0) is 24.3 Å². The molecule has 3 heterocycles. The number of benzene rings is 2. The second-order valence-electron chi connectivity index (χ2n) is 10.7. The van der Waals surface area contributed by atoms with Crippen LogP contribution in [0.2, 0.25) is 5.02 Å².